The Bertz CT molecular complexity index is 373. The third-order valence-corrected chi connectivity index (χ3v) is 1.98. The first-order chi connectivity index (χ1) is 7.60. The summed E-state index contributed by atoms with van der Waals surface area (Å²) in [6.07, 6.45) is 0.749. The lowest BCUT2D eigenvalue weighted by molar-refractivity contribution is 0.0953. The lowest BCUT2D eigenvalue weighted by Crippen LogP contribution is -2.24. The van der Waals surface area contributed by atoms with Crippen LogP contribution in [0.15, 0.2) is 12.1 Å². The van der Waals surface area contributed by atoms with Crippen molar-refractivity contribution in [3.8, 4) is 0 Å². The van der Waals surface area contributed by atoms with Crippen LogP contribution >= 0.6 is 0 Å². The number of benzene rings is 1. The second kappa shape index (κ2) is 5.41. The molecule has 0 heterocycles. The van der Waals surface area contributed by atoms with E-state index in [-0.39, 0.29) is 5.56 Å². The van der Waals surface area contributed by atoms with Gasteiger partial charge in [0.25, 0.3) is 5.91 Å². The number of nitrogens with one attached hydrogen (secondary N) is 2. The number of hydrogen-bond donors (Lipinski definition) is 3. The zero-order valence-corrected chi connectivity index (χ0v) is 8.81. The molecule has 0 bridgehead atoms. The van der Waals surface area contributed by atoms with Gasteiger partial charge in [0.2, 0.25) is 0 Å². The van der Waals surface area contributed by atoms with Crippen LogP contribution in [0.3, 0.4) is 0 Å². The molecule has 1 aromatic rings. The molecular formula is C10H13F2N3O. The lowest BCUT2D eigenvalue weighted by Gasteiger charge is -2.07. The van der Waals surface area contributed by atoms with Crippen LogP contribution in [0.2, 0.25) is 0 Å². The maximum Gasteiger partial charge on any atom is 0.251 e. The molecule has 0 aliphatic heterocycles. The fourth-order valence-electron chi connectivity index (χ4n) is 1.18. The van der Waals surface area contributed by atoms with Gasteiger partial charge >= 0.3 is 0 Å². The molecule has 0 aliphatic rings. The first-order valence-corrected chi connectivity index (χ1v) is 4.84. The number of hydrazine groups is 1. The molecular weight excluding hydrogens is 216 g/mol. The van der Waals surface area contributed by atoms with Gasteiger partial charge in [0, 0.05) is 12.1 Å². The highest BCUT2D eigenvalue weighted by molar-refractivity contribution is 5.94. The number of carbonyl (C=O) groups is 1. The molecule has 0 spiro atoms. The summed E-state index contributed by atoms with van der Waals surface area (Å²) in [4.78, 5) is 11.4. The average molecular weight is 229 g/mol. The number of carbonyl (C=O) groups excluding carboxylic acids is 1. The molecule has 0 saturated heterocycles. The van der Waals surface area contributed by atoms with E-state index in [4.69, 9.17) is 5.84 Å². The summed E-state index contributed by atoms with van der Waals surface area (Å²) < 4.78 is 26.5. The lowest BCUT2D eigenvalue weighted by atomic mass is 10.1. The minimum Gasteiger partial charge on any atom is -0.352 e. The van der Waals surface area contributed by atoms with Gasteiger partial charge in [-0.3, -0.25) is 10.6 Å². The van der Waals surface area contributed by atoms with E-state index in [2.05, 4.69) is 5.32 Å². The standard InChI is InChI=1S/C10H13F2N3O/c1-2-3-14-10(16)6-4-7(11)9(15-13)8(12)5-6/h4-5,15H,2-3,13H2,1H3,(H,14,16). The Labute approximate surface area is 91.8 Å². The Morgan fingerprint density at radius 1 is 1.38 bits per heavy atom. The van der Waals surface area contributed by atoms with Gasteiger partial charge in [-0.05, 0) is 18.6 Å². The molecule has 1 rings (SSSR count). The Hall–Kier alpha value is -1.69. The van der Waals surface area contributed by atoms with Crippen molar-refractivity contribution >= 4 is 11.6 Å². The zero-order chi connectivity index (χ0) is 12.1. The second-order valence-corrected chi connectivity index (χ2v) is 3.22. The van der Waals surface area contributed by atoms with E-state index in [1.165, 1.54) is 0 Å². The number of anilines is 1. The molecule has 6 heteroatoms. The number of rotatable bonds is 4. The summed E-state index contributed by atoms with van der Waals surface area (Å²) in [5.41, 5.74) is 1.37. The number of nitrogen functional groups attached to an aromatic ring is 1. The van der Waals surface area contributed by atoms with Crippen LogP contribution < -0.4 is 16.6 Å². The van der Waals surface area contributed by atoms with Crippen LogP contribution in [0.1, 0.15) is 23.7 Å². The quantitative estimate of drug-likeness (QED) is 0.540. The van der Waals surface area contributed by atoms with Gasteiger partial charge in [-0.15, -0.1) is 0 Å². The van der Waals surface area contributed by atoms with Crippen LogP contribution in [0.4, 0.5) is 14.5 Å². The van der Waals surface area contributed by atoms with Crippen molar-refractivity contribution in [2.24, 2.45) is 5.84 Å². The normalized spacial score (nSPS) is 10.0. The van der Waals surface area contributed by atoms with Crippen molar-refractivity contribution in [3.63, 3.8) is 0 Å². The van der Waals surface area contributed by atoms with Crippen LogP contribution in [-0.2, 0) is 0 Å². The molecule has 0 unspecified atom stereocenters. The molecule has 0 aromatic heterocycles. The van der Waals surface area contributed by atoms with Crippen molar-refractivity contribution in [1.82, 2.24) is 5.32 Å². The maximum atomic E-state index is 13.2. The first-order valence-electron chi connectivity index (χ1n) is 4.84. The monoisotopic (exact) mass is 229 g/mol. The predicted octanol–water partition coefficient (Wildman–Crippen LogP) is 1.39. The second-order valence-electron chi connectivity index (χ2n) is 3.22. The molecule has 1 amide bonds. The molecule has 0 radical (unpaired) electrons. The number of halogens is 2. The van der Waals surface area contributed by atoms with Crippen LogP contribution in [0, 0.1) is 11.6 Å². The van der Waals surface area contributed by atoms with E-state index in [0.29, 0.717) is 6.54 Å². The maximum absolute atomic E-state index is 13.2. The van der Waals surface area contributed by atoms with Gasteiger partial charge in [0.15, 0.2) is 11.6 Å². The molecule has 0 saturated carbocycles. The molecule has 0 fully saturated rings. The smallest absolute Gasteiger partial charge is 0.251 e. The minimum absolute atomic E-state index is 0.0672. The summed E-state index contributed by atoms with van der Waals surface area (Å²) in [5, 5.41) is 2.52. The third-order valence-electron chi connectivity index (χ3n) is 1.98. The van der Waals surface area contributed by atoms with Crippen molar-refractivity contribution in [1.29, 1.82) is 0 Å². The van der Waals surface area contributed by atoms with Crippen LogP contribution in [0.5, 0.6) is 0 Å². The summed E-state index contributed by atoms with van der Waals surface area (Å²) in [7, 11) is 0. The van der Waals surface area contributed by atoms with E-state index in [1.54, 1.807) is 0 Å². The van der Waals surface area contributed by atoms with E-state index < -0.39 is 23.2 Å². The highest BCUT2D eigenvalue weighted by Gasteiger charge is 2.13. The number of nitrogens with two attached hydrogens (primary N) is 1. The minimum atomic E-state index is -0.899. The fraction of sp³-hybridized carbons (Fsp3) is 0.300. The molecule has 4 nitrogen and oxygen atoms in total. The predicted molar refractivity (Wildman–Crippen MR) is 56.8 cm³/mol. The van der Waals surface area contributed by atoms with Crippen molar-refractivity contribution in [2.75, 3.05) is 12.0 Å². The molecule has 4 N–H and O–H groups in total. The molecule has 88 valence electrons. The average Bonchev–Trinajstić information content (AvgIpc) is 2.25. The SMILES string of the molecule is CCCNC(=O)c1cc(F)c(NN)c(F)c1. The molecule has 1 aromatic carbocycles. The van der Waals surface area contributed by atoms with Gasteiger partial charge < -0.3 is 10.7 Å². The van der Waals surface area contributed by atoms with Crippen LogP contribution in [0.25, 0.3) is 0 Å². The zero-order valence-electron chi connectivity index (χ0n) is 8.81. The van der Waals surface area contributed by atoms with Crippen molar-refractivity contribution < 1.29 is 13.6 Å². The van der Waals surface area contributed by atoms with E-state index in [1.807, 2.05) is 12.3 Å². The first kappa shape index (κ1) is 12.4. The van der Waals surface area contributed by atoms with Gasteiger partial charge in [-0.1, -0.05) is 6.92 Å². The summed E-state index contributed by atoms with van der Waals surface area (Å²) in [6, 6.07) is 1.87. The summed E-state index contributed by atoms with van der Waals surface area (Å²) in [5.74, 6) is 2.62. The highest BCUT2D eigenvalue weighted by Crippen LogP contribution is 2.19. The Morgan fingerprint density at radius 2 is 1.94 bits per heavy atom. The highest BCUT2D eigenvalue weighted by atomic mass is 19.1. The van der Waals surface area contributed by atoms with Gasteiger partial charge in [0.1, 0.15) is 5.69 Å². The summed E-state index contributed by atoms with van der Waals surface area (Å²) in [6.45, 7) is 2.34. The largest absolute Gasteiger partial charge is 0.352 e. The van der Waals surface area contributed by atoms with E-state index in [9.17, 15) is 13.6 Å². The Kier molecular flexibility index (Phi) is 4.19. The molecule has 0 aliphatic carbocycles. The van der Waals surface area contributed by atoms with Gasteiger partial charge in [0.05, 0.1) is 0 Å². The van der Waals surface area contributed by atoms with E-state index in [0.717, 1.165) is 18.6 Å². The Morgan fingerprint density at radius 3 is 2.38 bits per heavy atom. The number of amides is 1. The van der Waals surface area contributed by atoms with Gasteiger partial charge in [-0.25, -0.2) is 8.78 Å². The molecule has 16 heavy (non-hydrogen) atoms. The van der Waals surface area contributed by atoms with E-state index >= 15 is 0 Å². The number of hydrogen-bond acceptors (Lipinski definition) is 3. The fourth-order valence-corrected chi connectivity index (χ4v) is 1.18. The van der Waals surface area contributed by atoms with Crippen molar-refractivity contribution in [2.45, 2.75) is 13.3 Å². The summed E-state index contributed by atoms with van der Waals surface area (Å²) >= 11 is 0. The van der Waals surface area contributed by atoms with Crippen LogP contribution in [-0.4, -0.2) is 12.5 Å². The van der Waals surface area contributed by atoms with Crippen molar-refractivity contribution in [3.05, 3.63) is 29.3 Å². The van der Waals surface area contributed by atoms with Gasteiger partial charge in [-0.2, -0.15) is 0 Å². The Balaban J connectivity index is 2.95. The molecule has 0 atom stereocenters. The topological polar surface area (TPSA) is 67.2 Å². The third kappa shape index (κ3) is 2.66.